The van der Waals surface area contributed by atoms with E-state index in [1.807, 2.05) is 6.07 Å². The number of ether oxygens (including phenoxy) is 6. The van der Waals surface area contributed by atoms with Gasteiger partial charge in [0.1, 0.15) is 73.6 Å². The van der Waals surface area contributed by atoms with Gasteiger partial charge in [-0.1, -0.05) is 189 Å². The van der Waals surface area contributed by atoms with Crippen LogP contribution in [-0.4, -0.2) is 80.9 Å². The van der Waals surface area contributed by atoms with Crippen LogP contribution in [0.1, 0.15) is 57.7 Å². The Bertz CT molecular complexity index is 5070. The molecule has 25 heteroatoms. The standard InChI is InChI=1S/C76H52N6O16S3/c1-43-51(35-77)65(83)81(73(91)97-41-49-29-17-7-18-30-49)67(85)59(43)79-55-33-53-57(76(55,71(89)95-39-47-25-13-5-14-26-47)72(90)96-40-48-27-15-6-16-28-48)62-58(75(53,69(87)93-37-45-21-9-3-10-22-45)70(88)94-38-46-23-11-4-12-24-46)63-64(101-62)61-54(99-63)34-56(100-61)80-60-44(2)52(36-78)66(84)82(68(60)86)74(92)98-42-50-31-19-8-20-32-50/h3-34,44,52H,37-42H2,1-2H3. The Morgan fingerprint density at radius 1 is 0.495 bits per heavy atom. The number of likely N-dealkylation sites (tertiary alicyclic amines) is 1. The van der Waals surface area contributed by atoms with E-state index in [1.165, 1.54) is 13.8 Å². The van der Waals surface area contributed by atoms with E-state index in [2.05, 4.69) is 0 Å². The number of aliphatic imine (C=N–C) groups is 2. The van der Waals surface area contributed by atoms with Gasteiger partial charge in [0.2, 0.25) is 10.8 Å². The van der Waals surface area contributed by atoms with Gasteiger partial charge in [-0.25, -0.2) is 19.6 Å². The lowest BCUT2D eigenvalue weighted by molar-refractivity contribution is -0.167. The van der Waals surface area contributed by atoms with Gasteiger partial charge in [0.25, 0.3) is 23.6 Å². The number of carbonyl (C=O) groups is 10. The predicted octanol–water partition coefficient (Wildman–Crippen LogP) is 12.6. The molecule has 0 spiro atoms. The Labute approximate surface area is 586 Å². The summed E-state index contributed by atoms with van der Waals surface area (Å²) >= 11 is 2.95. The van der Waals surface area contributed by atoms with Crippen molar-refractivity contribution < 1.29 is 76.4 Å². The normalized spacial score (nSPS) is 17.5. The van der Waals surface area contributed by atoms with Crippen LogP contribution in [-0.2, 0) is 112 Å². The Morgan fingerprint density at radius 2 is 0.911 bits per heavy atom. The quantitative estimate of drug-likeness (QED) is 0.0333. The number of nitriles is 2. The van der Waals surface area contributed by atoms with E-state index >= 15 is 24.0 Å². The third-order valence-corrected chi connectivity index (χ3v) is 21.1. The van der Waals surface area contributed by atoms with E-state index in [0.29, 0.717) is 47.5 Å². The number of benzene rings is 6. The van der Waals surface area contributed by atoms with Crippen LogP contribution in [0.3, 0.4) is 0 Å². The molecule has 2 aliphatic heterocycles. The van der Waals surface area contributed by atoms with E-state index in [0.717, 1.165) is 40.1 Å². The zero-order chi connectivity index (χ0) is 70.7. The zero-order valence-electron chi connectivity index (χ0n) is 53.3. The Kier molecular flexibility index (Phi) is 18.8. The van der Waals surface area contributed by atoms with Crippen LogP contribution in [0.4, 0.5) is 14.6 Å². The number of allylic oxidation sites excluding steroid dienone is 1. The first-order valence-corrected chi connectivity index (χ1v) is 33.6. The number of hydrogen-bond acceptors (Lipinski definition) is 23. The molecule has 1 saturated heterocycles. The van der Waals surface area contributed by atoms with Gasteiger partial charge in [-0.3, -0.25) is 38.4 Å². The van der Waals surface area contributed by atoms with E-state index in [-0.39, 0.29) is 42.3 Å². The van der Waals surface area contributed by atoms with Gasteiger partial charge in [-0.05, 0) is 58.0 Å². The lowest BCUT2D eigenvalue weighted by atomic mass is 9.77. The Balaban J connectivity index is 1.04. The van der Waals surface area contributed by atoms with Gasteiger partial charge in [-0.15, -0.1) is 34.0 Å². The summed E-state index contributed by atoms with van der Waals surface area (Å²) in [6.07, 6.45) is -1.77. The summed E-state index contributed by atoms with van der Waals surface area (Å²) in [5.41, 5.74) is -7.28. The van der Waals surface area contributed by atoms with Crippen molar-refractivity contribution in [3.8, 4) is 12.1 Å². The molecule has 2 unspecified atom stereocenters. The summed E-state index contributed by atoms with van der Waals surface area (Å²) in [6.45, 7) is -0.0812. The minimum absolute atomic E-state index is 0.0550. The van der Waals surface area contributed by atoms with Crippen LogP contribution in [0.5, 0.6) is 0 Å². The number of piperidine rings is 1. The van der Waals surface area contributed by atoms with Crippen LogP contribution < -0.4 is 0 Å². The fraction of sp³-hybridized carbons (Fsp3) is 0.158. The summed E-state index contributed by atoms with van der Waals surface area (Å²) in [6, 6.07) is 55.6. The molecule has 22 nitrogen and oxygen atoms in total. The molecule has 0 bridgehead atoms. The van der Waals surface area contributed by atoms with Gasteiger partial charge >= 0.3 is 36.1 Å². The zero-order valence-corrected chi connectivity index (χ0v) is 55.8. The van der Waals surface area contributed by atoms with Crippen LogP contribution >= 0.6 is 34.0 Å². The van der Waals surface area contributed by atoms with Crippen molar-refractivity contribution in [1.82, 2.24) is 9.80 Å². The molecule has 9 aromatic rings. The molecular weight excluding hydrogens is 1350 g/mol. The second kappa shape index (κ2) is 28.2. The second-order valence-corrected chi connectivity index (χ2v) is 26.5. The Morgan fingerprint density at radius 3 is 1.34 bits per heavy atom. The fourth-order valence-corrected chi connectivity index (χ4v) is 16.5. The average molecular weight is 1400 g/mol. The highest BCUT2D eigenvalue weighted by Crippen LogP contribution is 2.67. The van der Waals surface area contributed by atoms with Crippen LogP contribution in [0.2, 0.25) is 0 Å². The van der Waals surface area contributed by atoms with Crippen molar-refractivity contribution in [2.75, 3.05) is 0 Å². The van der Waals surface area contributed by atoms with Crippen molar-refractivity contribution in [3.63, 3.8) is 0 Å². The largest absolute Gasteiger partial charge is 0.459 e. The molecule has 3 aromatic heterocycles. The SMILES string of the molecule is CC1=C(C#N)C(=O)N(C(=O)OCc2ccccc2)C(=O)C1=NC1=CC2=C(c3sc4c(sc5cc(N=C6C(=O)N(C(=O)OCc7ccccc7)C(=O)C(C#N)C6C)sc54)c3C2(C(=O)OCc2ccccc2)C(=O)OCc2ccccc2)C1(C(=O)OCc1ccccc1)C(=O)OCc1ccccc1. The van der Waals surface area contributed by atoms with E-state index in [4.69, 9.17) is 38.4 Å². The van der Waals surface area contributed by atoms with Crippen molar-refractivity contribution >= 4 is 135 Å². The van der Waals surface area contributed by atoms with Gasteiger partial charge in [0.15, 0.2) is 0 Å². The molecule has 5 heterocycles. The molecule has 0 radical (unpaired) electrons. The molecule has 13 rings (SSSR count). The lowest BCUT2D eigenvalue weighted by Crippen LogP contribution is -2.56. The maximum atomic E-state index is 16.4. The maximum Gasteiger partial charge on any atom is 0.424 e. The first-order chi connectivity index (χ1) is 49.0. The van der Waals surface area contributed by atoms with Gasteiger partial charge in [0.05, 0.1) is 25.9 Å². The monoisotopic (exact) mass is 1400 g/mol. The fourth-order valence-electron chi connectivity index (χ4n) is 12.2. The number of hydrogen-bond donors (Lipinski definition) is 0. The van der Waals surface area contributed by atoms with Crippen molar-refractivity contribution in [2.24, 2.45) is 27.2 Å². The molecule has 2 atom stereocenters. The minimum atomic E-state index is -3.13. The van der Waals surface area contributed by atoms with E-state index in [1.54, 1.807) is 194 Å². The predicted molar refractivity (Wildman–Crippen MR) is 367 cm³/mol. The highest BCUT2D eigenvalue weighted by Gasteiger charge is 2.71. The number of rotatable bonds is 18. The van der Waals surface area contributed by atoms with Crippen molar-refractivity contribution in [3.05, 3.63) is 260 Å². The molecule has 1 fully saturated rings. The van der Waals surface area contributed by atoms with Crippen LogP contribution in [0.25, 0.3) is 24.4 Å². The van der Waals surface area contributed by atoms with Crippen molar-refractivity contribution in [1.29, 1.82) is 10.5 Å². The maximum absolute atomic E-state index is 16.4. The van der Waals surface area contributed by atoms with Crippen LogP contribution in [0, 0.1) is 39.9 Å². The van der Waals surface area contributed by atoms with E-state index < -0.39 is 149 Å². The number of carbonyl (C=O) groups excluding carboxylic acids is 10. The number of amides is 6. The van der Waals surface area contributed by atoms with Crippen LogP contribution in [0.15, 0.2) is 227 Å². The first-order valence-electron chi connectivity index (χ1n) is 31.2. The molecule has 500 valence electrons. The van der Waals surface area contributed by atoms with Crippen molar-refractivity contribution in [2.45, 2.75) is 58.9 Å². The minimum Gasteiger partial charge on any atom is -0.459 e. The topological polar surface area (TPSA) is 305 Å². The summed E-state index contributed by atoms with van der Waals surface area (Å²) in [5, 5.41) is 21.1. The van der Waals surface area contributed by atoms with Gasteiger partial charge in [-0.2, -0.15) is 20.3 Å². The summed E-state index contributed by atoms with van der Waals surface area (Å²) in [4.78, 5) is 161. The summed E-state index contributed by atoms with van der Waals surface area (Å²) < 4.78 is 37.4. The summed E-state index contributed by atoms with van der Waals surface area (Å²) in [5.74, 6) is -13.2. The molecule has 4 aliphatic rings. The van der Waals surface area contributed by atoms with Gasteiger partial charge in [0, 0.05) is 32.2 Å². The summed E-state index contributed by atoms with van der Waals surface area (Å²) in [7, 11) is 0. The molecule has 6 aromatic carbocycles. The average Bonchev–Trinajstić information content (AvgIpc) is 1.49. The number of fused-ring (bicyclic) bond motifs is 6. The number of esters is 4. The number of imide groups is 6. The number of thiophene rings is 3. The number of nitrogens with zero attached hydrogens (tertiary/aromatic N) is 6. The first kappa shape index (κ1) is 67.2. The molecule has 0 N–H and O–H groups in total. The Hall–Kier alpha value is -12.4. The molecule has 6 amide bonds. The molecular formula is C76H52N6O16S3. The van der Waals surface area contributed by atoms with Gasteiger partial charge < -0.3 is 28.4 Å². The van der Waals surface area contributed by atoms with E-state index in [9.17, 15) is 34.5 Å². The third kappa shape index (κ3) is 12.2. The molecule has 101 heavy (non-hydrogen) atoms. The molecule has 0 saturated carbocycles. The third-order valence-electron chi connectivity index (χ3n) is 17.2. The smallest absolute Gasteiger partial charge is 0.424 e. The highest BCUT2D eigenvalue weighted by molar-refractivity contribution is 7.40. The lowest BCUT2D eigenvalue weighted by Gasteiger charge is -2.30. The second-order valence-electron chi connectivity index (χ2n) is 23.4. The molecule has 2 aliphatic carbocycles. The highest BCUT2D eigenvalue weighted by atomic mass is 32.1.